The molecule has 2 aromatic rings. The van der Waals surface area contributed by atoms with Gasteiger partial charge in [0.1, 0.15) is 19.0 Å². The second-order valence-corrected chi connectivity index (χ2v) is 6.28. The molecule has 1 heterocycles. The first kappa shape index (κ1) is 19.5. The van der Waals surface area contributed by atoms with Gasteiger partial charge in [0.05, 0.1) is 5.57 Å². The van der Waals surface area contributed by atoms with Crippen molar-refractivity contribution in [3.8, 4) is 5.75 Å². The van der Waals surface area contributed by atoms with Crippen LogP contribution in [0.15, 0.2) is 59.8 Å². The van der Waals surface area contributed by atoms with Gasteiger partial charge in [-0.2, -0.15) is 0 Å². The van der Waals surface area contributed by atoms with Crippen molar-refractivity contribution in [1.29, 1.82) is 0 Å². The maximum atomic E-state index is 14.3. The standard InChI is InChI=1S/C21H19F2NO4/c1-13-19(21(26)28-11-10-27-14-6-3-2-4-7-14)16(12-18(25)24-13)15-8-5-9-17(22)20(15)23/h2-9,16H,10-12H2,1H3,(H,24,25). The fourth-order valence-corrected chi connectivity index (χ4v) is 3.12. The second kappa shape index (κ2) is 8.65. The molecule has 28 heavy (non-hydrogen) atoms. The molecule has 1 unspecified atom stereocenters. The van der Waals surface area contributed by atoms with Crippen molar-refractivity contribution in [3.63, 3.8) is 0 Å². The van der Waals surface area contributed by atoms with Gasteiger partial charge in [-0.1, -0.05) is 30.3 Å². The summed E-state index contributed by atoms with van der Waals surface area (Å²) in [7, 11) is 0. The Labute approximate surface area is 161 Å². The van der Waals surface area contributed by atoms with Gasteiger partial charge in [0, 0.05) is 18.0 Å². The first-order valence-electron chi connectivity index (χ1n) is 8.77. The fraction of sp³-hybridized carbons (Fsp3) is 0.238. The van der Waals surface area contributed by atoms with Crippen LogP contribution in [-0.2, 0) is 14.3 Å². The van der Waals surface area contributed by atoms with E-state index >= 15 is 0 Å². The Morgan fingerprint density at radius 1 is 1.11 bits per heavy atom. The van der Waals surface area contributed by atoms with E-state index in [2.05, 4.69) is 5.32 Å². The van der Waals surface area contributed by atoms with Gasteiger partial charge in [-0.05, 0) is 30.7 Å². The lowest BCUT2D eigenvalue weighted by Crippen LogP contribution is -2.34. The first-order chi connectivity index (χ1) is 13.5. The number of hydrogen-bond donors (Lipinski definition) is 1. The number of rotatable bonds is 6. The van der Waals surface area contributed by atoms with E-state index in [4.69, 9.17) is 9.47 Å². The predicted octanol–water partition coefficient (Wildman–Crippen LogP) is 3.46. The summed E-state index contributed by atoms with van der Waals surface area (Å²) >= 11 is 0. The number of esters is 1. The summed E-state index contributed by atoms with van der Waals surface area (Å²) in [6.07, 6.45) is -0.178. The van der Waals surface area contributed by atoms with Crippen molar-refractivity contribution in [3.05, 3.63) is 77.0 Å². The summed E-state index contributed by atoms with van der Waals surface area (Å²) in [6.45, 7) is 1.63. The topological polar surface area (TPSA) is 64.6 Å². The number of ether oxygens (including phenoxy) is 2. The Balaban J connectivity index is 1.73. The molecule has 1 N–H and O–H groups in total. The molecule has 0 fully saturated rings. The number of halogens is 2. The molecular weight excluding hydrogens is 368 g/mol. The number of amides is 1. The Bertz CT molecular complexity index is 912. The Kier molecular flexibility index (Phi) is 6.03. The van der Waals surface area contributed by atoms with Crippen molar-refractivity contribution >= 4 is 11.9 Å². The summed E-state index contributed by atoms with van der Waals surface area (Å²) in [5.41, 5.74) is 0.310. The summed E-state index contributed by atoms with van der Waals surface area (Å²) in [4.78, 5) is 24.5. The minimum absolute atomic E-state index is 0.0309. The highest BCUT2D eigenvalue weighted by Crippen LogP contribution is 2.35. The number of nitrogens with one attached hydrogen (secondary N) is 1. The number of carbonyl (C=O) groups is 2. The van der Waals surface area contributed by atoms with E-state index < -0.39 is 23.5 Å². The molecule has 2 aromatic carbocycles. The third kappa shape index (κ3) is 4.36. The molecule has 1 amide bonds. The maximum absolute atomic E-state index is 14.3. The van der Waals surface area contributed by atoms with Gasteiger partial charge in [-0.25, -0.2) is 13.6 Å². The zero-order valence-corrected chi connectivity index (χ0v) is 15.2. The van der Waals surface area contributed by atoms with Gasteiger partial charge in [0.25, 0.3) is 0 Å². The lowest BCUT2D eigenvalue weighted by Gasteiger charge is -2.27. The lowest BCUT2D eigenvalue weighted by molar-refractivity contribution is -0.140. The summed E-state index contributed by atoms with van der Waals surface area (Å²) in [5, 5.41) is 2.55. The van der Waals surface area contributed by atoms with Crippen molar-refractivity contribution in [1.82, 2.24) is 5.32 Å². The molecular formula is C21H19F2NO4. The Hall–Kier alpha value is -3.22. The van der Waals surface area contributed by atoms with Crippen LogP contribution in [0.3, 0.4) is 0 Å². The van der Waals surface area contributed by atoms with E-state index in [1.165, 1.54) is 19.1 Å². The second-order valence-electron chi connectivity index (χ2n) is 6.28. The van der Waals surface area contributed by atoms with Crippen LogP contribution in [0.5, 0.6) is 5.75 Å². The predicted molar refractivity (Wildman–Crippen MR) is 97.5 cm³/mol. The molecule has 7 heteroatoms. The van der Waals surface area contributed by atoms with Crippen LogP contribution >= 0.6 is 0 Å². The number of benzene rings is 2. The number of carbonyl (C=O) groups excluding carboxylic acids is 2. The SMILES string of the molecule is CC1=C(C(=O)OCCOc2ccccc2)C(c2cccc(F)c2F)CC(=O)N1. The highest BCUT2D eigenvalue weighted by molar-refractivity contribution is 5.95. The molecule has 1 aliphatic rings. The summed E-state index contributed by atoms with van der Waals surface area (Å²) < 4.78 is 38.6. The van der Waals surface area contributed by atoms with E-state index in [1.54, 1.807) is 12.1 Å². The Morgan fingerprint density at radius 2 is 1.86 bits per heavy atom. The normalized spacial score (nSPS) is 16.5. The van der Waals surface area contributed by atoms with E-state index in [0.29, 0.717) is 5.75 Å². The van der Waals surface area contributed by atoms with Crippen molar-refractivity contribution in [2.75, 3.05) is 13.2 Å². The summed E-state index contributed by atoms with van der Waals surface area (Å²) in [6, 6.07) is 12.7. The quantitative estimate of drug-likeness (QED) is 0.609. The van der Waals surface area contributed by atoms with E-state index in [0.717, 1.165) is 6.07 Å². The smallest absolute Gasteiger partial charge is 0.336 e. The van der Waals surface area contributed by atoms with Gasteiger partial charge < -0.3 is 14.8 Å². The van der Waals surface area contributed by atoms with Gasteiger partial charge in [0.2, 0.25) is 5.91 Å². The molecule has 1 atom stereocenters. The number of allylic oxidation sites excluding steroid dienone is 1. The average Bonchev–Trinajstić information content (AvgIpc) is 2.67. The third-order valence-electron chi connectivity index (χ3n) is 4.37. The highest BCUT2D eigenvalue weighted by Gasteiger charge is 2.34. The van der Waals surface area contributed by atoms with Gasteiger partial charge in [-0.3, -0.25) is 4.79 Å². The first-order valence-corrected chi connectivity index (χ1v) is 8.77. The van der Waals surface area contributed by atoms with Crippen LogP contribution < -0.4 is 10.1 Å². The zero-order chi connectivity index (χ0) is 20.1. The zero-order valence-electron chi connectivity index (χ0n) is 15.2. The van der Waals surface area contributed by atoms with Gasteiger partial charge >= 0.3 is 5.97 Å². The van der Waals surface area contributed by atoms with Crippen LogP contribution in [0.25, 0.3) is 0 Å². The van der Waals surface area contributed by atoms with E-state index in [1.807, 2.05) is 18.2 Å². The molecule has 0 aliphatic carbocycles. The van der Waals surface area contributed by atoms with Crippen LogP contribution in [0, 0.1) is 11.6 Å². The molecule has 0 spiro atoms. The lowest BCUT2D eigenvalue weighted by atomic mass is 9.84. The molecule has 0 aromatic heterocycles. The largest absolute Gasteiger partial charge is 0.490 e. The van der Waals surface area contributed by atoms with E-state index in [-0.39, 0.29) is 42.4 Å². The van der Waals surface area contributed by atoms with Crippen molar-refractivity contribution in [2.24, 2.45) is 0 Å². The fourth-order valence-electron chi connectivity index (χ4n) is 3.12. The van der Waals surface area contributed by atoms with Crippen LogP contribution in [0.4, 0.5) is 8.78 Å². The maximum Gasteiger partial charge on any atom is 0.336 e. The van der Waals surface area contributed by atoms with Crippen LogP contribution in [0.2, 0.25) is 0 Å². The minimum Gasteiger partial charge on any atom is -0.490 e. The van der Waals surface area contributed by atoms with Gasteiger partial charge in [-0.15, -0.1) is 0 Å². The Morgan fingerprint density at radius 3 is 2.61 bits per heavy atom. The van der Waals surface area contributed by atoms with E-state index in [9.17, 15) is 18.4 Å². The average molecular weight is 387 g/mol. The van der Waals surface area contributed by atoms with Crippen LogP contribution in [0.1, 0.15) is 24.8 Å². The molecule has 5 nitrogen and oxygen atoms in total. The molecule has 0 saturated carbocycles. The van der Waals surface area contributed by atoms with Crippen LogP contribution in [-0.4, -0.2) is 25.1 Å². The number of para-hydroxylation sites is 1. The highest BCUT2D eigenvalue weighted by atomic mass is 19.2. The monoisotopic (exact) mass is 387 g/mol. The molecule has 146 valence electrons. The van der Waals surface area contributed by atoms with Crippen molar-refractivity contribution in [2.45, 2.75) is 19.3 Å². The molecule has 1 aliphatic heterocycles. The number of hydrogen-bond acceptors (Lipinski definition) is 4. The molecule has 3 rings (SSSR count). The molecule has 0 saturated heterocycles. The minimum atomic E-state index is -1.08. The summed E-state index contributed by atoms with van der Waals surface area (Å²) in [5.74, 6) is -3.48. The molecule has 0 bridgehead atoms. The third-order valence-corrected chi connectivity index (χ3v) is 4.37. The molecule has 0 radical (unpaired) electrons. The van der Waals surface area contributed by atoms with Gasteiger partial charge in [0.15, 0.2) is 11.6 Å². The van der Waals surface area contributed by atoms with Crippen molar-refractivity contribution < 1.29 is 27.8 Å².